The predicted molar refractivity (Wildman–Crippen MR) is 140 cm³/mol. The molecule has 0 saturated carbocycles. The predicted octanol–water partition coefficient (Wildman–Crippen LogP) is 7.87. The summed E-state index contributed by atoms with van der Waals surface area (Å²) in [6, 6.07) is 24.6. The fourth-order valence-corrected chi connectivity index (χ4v) is 4.48. The number of benzene rings is 3. The second-order valence-electron chi connectivity index (χ2n) is 9.37. The van der Waals surface area contributed by atoms with Crippen molar-refractivity contribution < 1.29 is 14.2 Å². The van der Waals surface area contributed by atoms with E-state index >= 15 is 0 Å². The quantitative estimate of drug-likeness (QED) is 0.285. The maximum absolute atomic E-state index is 13.8. The third-order valence-electron chi connectivity index (χ3n) is 6.17. The summed E-state index contributed by atoms with van der Waals surface area (Å²) in [5.41, 5.74) is 7.42. The topological polar surface area (TPSA) is 42.4 Å². The molecule has 1 heterocycles. The summed E-state index contributed by atoms with van der Waals surface area (Å²) in [7, 11) is 0. The summed E-state index contributed by atoms with van der Waals surface area (Å²) in [5.74, 6) is 0.738. The van der Waals surface area contributed by atoms with Crippen molar-refractivity contribution in [2.75, 3.05) is 0 Å². The molecule has 35 heavy (non-hydrogen) atoms. The SMILES string of the molecule is CC(C)c1nc(C(C)C)c(COc2cccc(-c3ccccc3)c2)c(-c2ccc(F)cc2)c1CO. The minimum Gasteiger partial charge on any atom is -0.489 e. The molecule has 1 aromatic heterocycles. The zero-order valence-electron chi connectivity index (χ0n) is 20.8. The maximum Gasteiger partial charge on any atom is 0.123 e. The molecule has 3 aromatic carbocycles. The van der Waals surface area contributed by atoms with Crippen LogP contribution in [-0.4, -0.2) is 10.1 Å². The van der Waals surface area contributed by atoms with E-state index in [2.05, 4.69) is 45.9 Å². The van der Waals surface area contributed by atoms with E-state index in [9.17, 15) is 9.50 Å². The molecule has 1 N–H and O–H groups in total. The van der Waals surface area contributed by atoms with E-state index < -0.39 is 0 Å². The second-order valence-corrected chi connectivity index (χ2v) is 9.37. The zero-order chi connectivity index (χ0) is 24.9. The van der Waals surface area contributed by atoms with Gasteiger partial charge in [0.25, 0.3) is 0 Å². The minimum absolute atomic E-state index is 0.131. The van der Waals surface area contributed by atoms with E-state index in [0.29, 0.717) is 0 Å². The first-order valence-corrected chi connectivity index (χ1v) is 12.1. The Morgan fingerprint density at radius 2 is 1.37 bits per heavy atom. The second kappa shape index (κ2) is 10.8. The first-order chi connectivity index (χ1) is 16.9. The van der Waals surface area contributed by atoms with Crippen LogP contribution in [0.15, 0.2) is 78.9 Å². The Balaban J connectivity index is 1.81. The number of aliphatic hydroxyl groups is 1. The maximum atomic E-state index is 13.8. The fourth-order valence-electron chi connectivity index (χ4n) is 4.48. The van der Waals surface area contributed by atoms with Crippen LogP contribution in [0.1, 0.15) is 62.0 Å². The number of rotatable bonds is 8. The van der Waals surface area contributed by atoms with Gasteiger partial charge in [-0.25, -0.2) is 4.39 Å². The molecule has 180 valence electrons. The van der Waals surface area contributed by atoms with E-state index in [1.807, 2.05) is 36.4 Å². The molecule has 0 amide bonds. The van der Waals surface area contributed by atoms with Gasteiger partial charge in [-0.3, -0.25) is 4.98 Å². The molecule has 0 spiro atoms. The molecule has 0 atom stereocenters. The van der Waals surface area contributed by atoms with E-state index in [4.69, 9.17) is 9.72 Å². The molecule has 4 heteroatoms. The van der Waals surface area contributed by atoms with Gasteiger partial charge in [0.15, 0.2) is 0 Å². The fraction of sp³-hybridized carbons (Fsp3) is 0.258. The molecule has 4 aromatic rings. The summed E-state index contributed by atoms with van der Waals surface area (Å²) in [5, 5.41) is 10.4. The molecule has 4 rings (SSSR count). The number of aromatic nitrogens is 1. The minimum atomic E-state index is -0.294. The van der Waals surface area contributed by atoms with E-state index in [1.54, 1.807) is 12.1 Å². The summed E-state index contributed by atoms with van der Waals surface area (Å²) in [6.45, 7) is 8.51. The monoisotopic (exact) mass is 469 g/mol. The van der Waals surface area contributed by atoms with Gasteiger partial charge >= 0.3 is 0 Å². The van der Waals surface area contributed by atoms with Gasteiger partial charge in [-0.15, -0.1) is 0 Å². The molecule has 0 unspecified atom stereocenters. The van der Waals surface area contributed by atoms with Gasteiger partial charge in [0.2, 0.25) is 0 Å². The summed E-state index contributed by atoms with van der Waals surface area (Å²) >= 11 is 0. The number of halogens is 1. The summed E-state index contributed by atoms with van der Waals surface area (Å²) in [4.78, 5) is 5.01. The normalized spacial score (nSPS) is 11.3. The first kappa shape index (κ1) is 24.6. The molecule has 3 nitrogen and oxygen atoms in total. The average molecular weight is 470 g/mol. The Bertz CT molecular complexity index is 1280. The number of hydrogen-bond acceptors (Lipinski definition) is 3. The standard InChI is InChI=1S/C31H32FNO2/c1-20(2)30-27(18-34)29(23-13-15-25(32)16-14-23)28(31(33-30)21(3)4)19-35-26-12-8-11-24(17-26)22-9-6-5-7-10-22/h5-17,20-21,34H,18-19H2,1-4H3. The van der Waals surface area contributed by atoms with E-state index in [0.717, 1.165) is 50.5 Å². The lowest BCUT2D eigenvalue weighted by Gasteiger charge is -2.24. The van der Waals surface area contributed by atoms with Gasteiger partial charge in [0.05, 0.1) is 12.3 Å². The van der Waals surface area contributed by atoms with Crippen LogP contribution in [0.3, 0.4) is 0 Å². The highest BCUT2D eigenvalue weighted by molar-refractivity contribution is 5.73. The Labute approximate surface area is 207 Å². The van der Waals surface area contributed by atoms with Crippen molar-refractivity contribution in [3.63, 3.8) is 0 Å². The number of nitrogens with zero attached hydrogens (tertiary/aromatic N) is 1. The lowest BCUT2D eigenvalue weighted by Crippen LogP contribution is -2.14. The molecule has 0 aliphatic rings. The number of hydrogen-bond donors (Lipinski definition) is 1. The van der Waals surface area contributed by atoms with Crippen molar-refractivity contribution in [3.8, 4) is 28.0 Å². The molecule has 0 aliphatic carbocycles. The van der Waals surface area contributed by atoms with Crippen molar-refractivity contribution >= 4 is 0 Å². The molecule has 0 radical (unpaired) electrons. The third-order valence-corrected chi connectivity index (χ3v) is 6.17. The molecule has 0 aliphatic heterocycles. The highest BCUT2D eigenvalue weighted by atomic mass is 19.1. The van der Waals surface area contributed by atoms with E-state index in [1.165, 1.54) is 12.1 Å². The van der Waals surface area contributed by atoms with Gasteiger partial charge in [-0.2, -0.15) is 0 Å². The van der Waals surface area contributed by atoms with Crippen molar-refractivity contribution in [2.45, 2.75) is 52.7 Å². The van der Waals surface area contributed by atoms with Crippen molar-refractivity contribution in [2.24, 2.45) is 0 Å². The molecular formula is C31H32FNO2. The van der Waals surface area contributed by atoms with Crippen LogP contribution in [0.4, 0.5) is 4.39 Å². The summed E-state index contributed by atoms with van der Waals surface area (Å²) in [6.07, 6.45) is 0. The van der Waals surface area contributed by atoms with Gasteiger partial charge in [-0.05, 0) is 58.4 Å². The van der Waals surface area contributed by atoms with Gasteiger partial charge in [0, 0.05) is 16.8 Å². The Kier molecular flexibility index (Phi) is 7.62. The first-order valence-electron chi connectivity index (χ1n) is 12.1. The van der Waals surface area contributed by atoms with E-state index in [-0.39, 0.29) is 30.9 Å². The highest BCUT2D eigenvalue weighted by Gasteiger charge is 2.24. The lowest BCUT2D eigenvalue weighted by molar-refractivity contribution is 0.278. The van der Waals surface area contributed by atoms with Crippen LogP contribution in [0.2, 0.25) is 0 Å². The molecule has 0 saturated heterocycles. The molecule has 0 bridgehead atoms. The third kappa shape index (κ3) is 5.44. The van der Waals surface area contributed by atoms with Crippen LogP contribution in [0.5, 0.6) is 5.75 Å². The van der Waals surface area contributed by atoms with Crippen molar-refractivity contribution in [1.29, 1.82) is 0 Å². The average Bonchev–Trinajstić information content (AvgIpc) is 2.87. The number of aliphatic hydroxyl groups excluding tert-OH is 1. The van der Waals surface area contributed by atoms with Crippen LogP contribution in [-0.2, 0) is 13.2 Å². The largest absolute Gasteiger partial charge is 0.489 e. The van der Waals surface area contributed by atoms with Gasteiger partial charge < -0.3 is 9.84 Å². The molecular weight excluding hydrogens is 437 g/mol. The van der Waals surface area contributed by atoms with Crippen LogP contribution in [0.25, 0.3) is 22.3 Å². The number of ether oxygens (including phenoxy) is 1. The van der Waals surface area contributed by atoms with Crippen LogP contribution < -0.4 is 4.74 Å². The van der Waals surface area contributed by atoms with Crippen LogP contribution in [0, 0.1) is 5.82 Å². The highest BCUT2D eigenvalue weighted by Crippen LogP contribution is 2.37. The van der Waals surface area contributed by atoms with Gasteiger partial charge in [-0.1, -0.05) is 82.3 Å². The van der Waals surface area contributed by atoms with Crippen molar-refractivity contribution in [1.82, 2.24) is 4.98 Å². The Morgan fingerprint density at radius 1 is 0.743 bits per heavy atom. The zero-order valence-corrected chi connectivity index (χ0v) is 20.8. The Hall–Kier alpha value is -3.50. The van der Waals surface area contributed by atoms with Crippen LogP contribution >= 0.6 is 0 Å². The molecule has 0 fully saturated rings. The lowest BCUT2D eigenvalue weighted by atomic mass is 9.87. The van der Waals surface area contributed by atoms with Gasteiger partial charge in [0.1, 0.15) is 18.2 Å². The smallest absolute Gasteiger partial charge is 0.123 e. The Morgan fingerprint density at radius 3 is 2.00 bits per heavy atom. The van der Waals surface area contributed by atoms with Crippen molar-refractivity contribution in [3.05, 3.63) is 107 Å². The number of pyridine rings is 1. The summed E-state index contributed by atoms with van der Waals surface area (Å²) < 4.78 is 20.1.